The molecule has 1 aliphatic rings. The Bertz CT molecular complexity index is 297. The van der Waals surface area contributed by atoms with E-state index < -0.39 is 17.5 Å². The highest BCUT2D eigenvalue weighted by atomic mass is 16.2. The van der Waals surface area contributed by atoms with Crippen LogP contribution in [0.5, 0.6) is 0 Å². The van der Waals surface area contributed by atoms with Crippen LogP contribution >= 0.6 is 0 Å². The average molecular weight is 184 g/mol. The molecule has 1 fully saturated rings. The summed E-state index contributed by atoms with van der Waals surface area (Å²) >= 11 is 0. The smallest absolute Gasteiger partial charge is 0.278 e. The van der Waals surface area contributed by atoms with E-state index in [4.69, 9.17) is 0 Å². The number of carbonyl (C=O) groups excluding carboxylic acids is 4. The molecular formula is C7H8N2O4. The number of nitrogens with zero attached hydrogens (tertiary/aromatic N) is 2. The van der Waals surface area contributed by atoms with E-state index in [0.29, 0.717) is 9.80 Å². The quantitative estimate of drug-likeness (QED) is 0.422. The maximum absolute atomic E-state index is 11.3. The Morgan fingerprint density at radius 1 is 1.15 bits per heavy atom. The Balaban J connectivity index is 3.17. The van der Waals surface area contributed by atoms with E-state index in [1.807, 2.05) is 0 Å². The lowest BCUT2D eigenvalue weighted by Gasteiger charge is -2.20. The van der Waals surface area contributed by atoms with Crippen LogP contribution in [-0.2, 0) is 14.4 Å². The van der Waals surface area contributed by atoms with Crippen LogP contribution in [0.2, 0.25) is 0 Å². The highest BCUT2D eigenvalue weighted by Gasteiger charge is 2.51. The molecule has 70 valence electrons. The summed E-state index contributed by atoms with van der Waals surface area (Å²) in [4.78, 5) is 44.3. The highest BCUT2D eigenvalue weighted by Crippen LogP contribution is 2.24. The third kappa shape index (κ3) is 1.02. The lowest BCUT2D eigenvalue weighted by atomic mass is 10.1. The zero-order valence-corrected chi connectivity index (χ0v) is 7.18. The zero-order valence-electron chi connectivity index (χ0n) is 7.18. The van der Waals surface area contributed by atoms with Crippen molar-refractivity contribution in [2.24, 2.45) is 0 Å². The van der Waals surface area contributed by atoms with Gasteiger partial charge >= 0.3 is 6.03 Å². The van der Waals surface area contributed by atoms with Gasteiger partial charge in [0.2, 0.25) is 12.8 Å². The summed E-state index contributed by atoms with van der Waals surface area (Å²) < 4.78 is 0. The van der Waals surface area contributed by atoms with Crippen molar-refractivity contribution >= 4 is 24.8 Å². The molecule has 1 aliphatic heterocycles. The van der Waals surface area contributed by atoms with E-state index in [-0.39, 0.29) is 12.8 Å². The largest absolute Gasteiger partial charge is 0.340 e. The van der Waals surface area contributed by atoms with Crippen LogP contribution in [0.25, 0.3) is 0 Å². The van der Waals surface area contributed by atoms with Gasteiger partial charge in [-0.25, -0.2) is 9.69 Å². The highest BCUT2D eigenvalue weighted by molar-refractivity contribution is 6.16. The molecule has 0 saturated carbocycles. The molecule has 0 aromatic carbocycles. The fraction of sp³-hybridized carbons (Fsp3) is 0.429. The van der Waals surface area contributed by atoms with Gasteiger partial charge in [-0.2, -0.15) is 0 Å². The molecule has 0 bridgehead atoms. The van der Waals surface area contributed by atoms with Crippen molar-refractivity contribution in [3.05, 3.63) is 0 Å². The Morgan fingerprint density at radius 3 is 1.92 bits per heavy atom. The summed E-state index contributed by atoms with van der Waals surface area (Å²) in [5.41, 5.74) is -1.26. The molecule has 0 aliphatic carbocycles. The second-order valence-electron chi connectivity index (χ2n) is 3.10. The van der Waals surface area contributed by atoms with Crippen LogP contribution in [0.3, 0.4) is 0 Å². The summed E-state index contributed by atoms with van der Waals surface area (Å²) in [5, 5.41) is 0. The second-order valence-corrected chi connectivity index (χ2v) is 3.10. The number of carbonyl (C=O) groups is 4. The standard InChI is InChI=1S/C7H8N2O4/c1-7(2)5(12)8(3-10)6(13)9(7)4-11/h3-4H,1-2H3. The van der Waals surface area contributed by atoms with Crippen molar-refractivity contribution in [3.63, 3.8) is 0 Å². The van der Waals surface area contributed by atoms with E-state index in [2.05, 4.69) is 0 Å². The van der Waals surface area contributed by atoms with Crippen LogP contribution in [0, 0.1) is 0 Å². The van der Waals surface area contributed by atoms with Gasteiger partial charge in [-0.05, 0) is 13.8 Å². The Labute approximate surface area is 74.1 Å². The van der Waals surface area contributed by atoms with E-state index in [0.717, 1.165) is 0 Å². The first kappa shape index (κ1) is 9.37. The van der Waals surface area contributed by atoms with Gasteiger partial charge in [0.05, 0.1) is 0 Å². The minimum Gasteiger partial charge on any atom is -0.278 e. The van der Waals surface area contributed by atoms with E-state index >= 15 is 0 Å². The van der Waals surface area contributed by atoms with Crippen molar-refractivity contribution < 1.29 is 19.2 Å². The molecule has 5 amide bonds. The summed E-state index contributed by atoms with van der Waals surface area (Å²) in [5.74, 6) is -0.695. The molecule has 0 spiro atoms. The molecule has 13 heavy (non-hydrogen) atoms. The first-order valence-corrected chi connectivity index (χ1v) is 3.54. The number of rotatable bonds is 2. The van der Waals surface area contributed by atoms with Crippen molar-refractivity contribution in [2.45, 2.75) is 19.4 Å². The predicted octanol–water partition coefficient (Wildman–Crippen LogP) is -0.658. The molecular weight excluding hydrogens is 176 g/mol. The minimum atomic E-state index is -1.26. The van der Waals surface area contributed by atoms with Gasteiger partial charge in [-0.15, -0.1) is 0 Å². The van der Waals surface area contributed by atoms with Crippen LogP contribution in [0.4, 0.5) is 4.79 Å². The van der Waals surface area contributed by atoms with Crippen LogP contribution in [0.15, 0.2) is 0 Å². The Hall–Kier alpha value is -1.72. The molecule has 1 rings (SSSR count). The molecule has 6 nitrogen and oxygen atoms in total. The first-order valence-electron chi connectivity index (χ1n) is 3.54. The fourth-order valence-corrected chi connectivity index (χ4v) is 1.11. The van der Waals surface area contributed by atoms with Crippen molar-refractivity contribution in [3.8, 4) is 0 Å². The van der Waals surface area contributed by atoms with Crippen molar-refractivity contribution in [1.29, 1.82) is 0 Å². The average Bonchev–Trinajstić information content (AvgIpc) is 2.20. The molecule has 0 atom stereocenters. The zero-order chi connectivity index (χ0) is 10.2. The van der Waals surface area contributed by atoms with Crippen molar-refractivity contribution in [2.75, 3.05) is 0 Å². The number of imide groups is 4. The van der Waals surface area contributed by atoms with E-state index in [1.165, 1.54) is 13.8 Å². The maximum Gasteiger partial charge on any atom is 0.340 e. The van der Waals surface area contributed by atoms with Gasteiger partial charge in [0.15, 0.2) is 0 Å². The summed E-state index contributed by atoms with van der Waals surface area (Å²) in [7, 11) is 0. The number of hydrogen-bond donors (Lipinski definition) is 0. The maximum atomic E-state index is 11.3. The summed E-state index contributed by atoms with van der Waals surface area (Å²) in [6.45, 7) is 2.79. The molecule has 0 aromatic heterocycles. The molecule has 1 saturated heterocycles. The van der Waals surface area contributed by atoms with E-state index in [9.17, 15) is 19.2 Å². The van der Waals surface area contributed by atoms with Gasteiger partial charge < -0.3 is 0 Å². The SMILES string of the molecule is CC1(C)C(=O)N(C=O)C(=O)N1C=O. The third-order valence-electron chi connectivity index (χ3n) is 1.97. The topological polar surface area (TPSA) is 74.8 Å². The van der Waals surface area contributed by atoms with Crippen molar-refractivity contribution in [1.82, 2.24) is 9.80 Å². The Kier molecular flexibility index (Phi) is 1.91. The normalized spacial score (nSPS) is 20.8. The molecule has 0 aromatic rings. The number of hydrogen-bond acceptors (Lipinski definition) is 4. The van der Waals surface area contributed by atoms with E-state index in [1.54, 1.807) is 0 Å². The molecule has 0 N–H and O–H groups in total. The van der Waals surface area contributed by atoms with Crippen LogP contribution in [0.1, 0.15) is 13.8 Å². The monoisotopic (exact) mass is 184 g/mol. The van der Waals surface area contributed by atoms with Crippen LogP contribution < -0.4 is 0 Å². The molecule has 1 heterocycles. The summed E-state index contributed by atoms with van der Waals surface area (Å²) in [6, 6.07) is -0.903. The Morgan fingerprint density at radius 2 is 1.69 bits per heavy atom. The molecule has 0 radical (unpaired) electrons. The van der Waals surface area contributed by atoms with Gasteiger partial charge in [0.25, 0.3) is 5.91 Å². The van der Waals surface area contributed by atoms with Gasteiger partial charge in [0, 0.05) is 0 Å². The first-order chi connectivity index (χ1) is 5.96. The predicted molar refractivity (Wildman–Crippen MR) is 40.3 cm³/mol. The lowest BCUT2D eigenvalue weighted by Crippen LogP contribution is -2.43. The molecule has 6 heteroatoms. The molecule has 0 unspecified atom stereocenters. The fourth-order valence-electron chi connectivity index (χ4n) is 1.11. The number of amides is 5. The van der Waals surface area contributed by atoms with Gasteiger partial charge in [0.1, 0.15) is 5.54 Å². The van der Waals surface area contributed by atoms with Gasteiger partial charge in [-0.1, -0.05) is 0 Å². The minimum absolute atomic E-state index is 0.107. The van der Waals surface area contributed by atoms with Crippen LogP contribution in [-0.4, -0.2) is 40.1 Å². The number of urea groups is 1. The van der Waals surface area contributed by atoms with Gasteiger partial charge in [-0.3, -0.25) is 19.3 Å². The third-order valence-corrected chi connectivity index (χ3v) is 1.97. The summed E-state index contributed by atoms with van der Waals surface area (Å²) in [6.07, 6.45) is 0.347. The second kappa shape index (κ2) is 2.65. The lowest BCUT2D eigenvalue weighted by molar-refractivity contribution is -0.138.